The van der Waals surface area contributed by atoms with Crippen molar-refractivity contribution in [3.63, 3.8) is 0 Å². The smallest absolute Gasteiger partial charge is 0.306 e. The molecule has 0 fully saturated rings. The number of hydrogen-bond acceptors (Lipinski definition) is 2. The van der Waals surface area contributed by atoms with Crippen LogP contribution in [0.3, 0.4) is 0 Å². The molecule has 82 valence electrons. The Morgan fingerprint density at radius 1 is 1.53 bits per heavy atom. The van der Waals surface area contributed by atoms with Gasteiger partial charge in [-0.05, 0) is 40.4 Å². The number of carboxylic acids is 1. The quantitative estimate of drug-likeness (QED) is 0.886. The van der Waals surface area contributed by atoms with Crippen molar-refractivity contribution in [2.45, 2.75) is 19.8 Å². The summed E-state index contributed by atoms with van der Waals surface area (Å²) in [6.45, 7) is 1.68. The fraction of sp³-hybridized carbons (Fsp3) is 0.364. The number of aromatic hydroxyl groups is 1. The summed E-state index contributed by atoms with van der Waals surface area (Å²) in [5.41, 5.74) is 0.933. The molecule has 0 bridgehead atoms. The SMILES string of the molecule is CC(CCc1cccc(O)c1Br)C(=O)O. The van der Waals surface area contributed by atoms with E-state index in [1.807, 2.05) is 6.07 Å². The highest BCUT2D eigenvalue weighted by Gasteiger charge is 2.12. The molecule has 1 aromatic carbocycles. The molecule has 1 aromatic rings. The lowest BCUT2D eigenvalue weighted by Gasteiger charge is -2.08. The Balaban J connectivity index is 2.66. The van der Waals surface area contributed by atoms with E-state index in [0.717, 1.165) is 5.56 Å². The molecule has 0 radical (unpaired) electrons. The minimum absolute atomic E-state index is 0.190. The molecule has 0 heterocycles. The van der Waals surface area contributed by atoms with Gasteiger partial charge in [0.15, 0.2) is 0 Å². The van der Waals surface area contributed by atoms with Crippen LogP contribution in [0.15, 0.2) is 22.7 Å². The number of rotatable bonds is 4. The Morgan fingerprint density at radius 3 is 2.80 bits per heavy atom. The van der Waals surface area contributed by atoms with Gasteiger partial charge in [-0.1, -0.05) is 19.1 Å². The maximum atomic E-state index is 10.6. The van der Waals surface area contributed by atoms with Gasteiger partial charge in [-0.15, -0.1) is 0 Å². The first-order valence-electron chi connectivity index (χ1n) is 4.71. The van der Waals surface area contributed by atoms with E-state index in [4.69, 9.17) is 5.11 Å². The molecule has 0 aliphatic heterocycles. The van der Waals surface area contributed by atoms with E-state index in [0.29, 0.717) is 17.3 Å². The van der Waals surface area contributed by atoms with E-state index in [1.54, 1.807) is 19.1 Å². The third-order valence-electron chi connectivity index (χ3n) is 2.33. The summed E-state index contributed by atoms with van der Waals surface area (Å²) >= 11 is 3.27. The van der Waals surface area contributed by atoms with Crippen molar-refractivity contribution in [1.29, 1.82) is 0 Å². The maximum absolute atomic E-state index is 10.6. The Bertz CT molecular complexity index is 363. The fourth-order valence-electron chi connectivity index (χ4n) is 1.25. The Morgan fingerprint density at radius 2 is 2.20 bits per heavy atom. The number of aliphatic carboxylic acids is 1. The van der Waals surface area contributed by atoms with E-state index in [1.165, 1.54) is 0 Å². The number of phenols is 1. The van der Waals surface area contributed by atoms with Gasteiger partial charge in [-0.3, -0.25) is 4.79 Å². The molecule has 0 saturated carbocycles. The van der Waals surface area contributed by atoms with Crippen LogP contribution in [-0.2, 0) is 11.2 Å². The molecular formula is C11H13BrO3. The molecule has 0 aromatic heterocycles. The predicted molar refractivity (Wildman–Crippen MR) is 60.9 cm³/mol. The number of carbonyl (C=O) groups is 1. The summed E-state index contributed by atoms with van der Waals surface area (Å²) in [5, 5.41) is 18.1. The fourth-order valence-corrected chi connectivity index (χ4v) is 1.72. The second kappa shape index (κ2) is 5.16. The van der Waals surface area contributed by atoms with Gasteiger partial charge in [0.1, 0.15) is 5.75 Å². The number of hydrogen-bond donors (Lipinski definition) is 2. The van der Waals surface area contributed by atoms with Gasteiger partial charge in [0.2, 0.25) is 0 Å². The highest BCUT2D eigenvalue weighted by molar-refractivity contribution is 9.10. The Kier molecular flexibility index (Phi) is 4.15. The van der Waals surface area contributed by atoms with Gasteiger partial charge in [-0.2, -0.15) is 0 Å². The Labute approximate surface area is 96.9 Å². The van der Waals surface area contributed by atoms with E-state index in [-0.39, 0.29) is 11.7 Å². The van der Waals surface area contributed by atoms with Crippen molar-refractivity contribution in [3.8, 4) is 5.75 Å². The van der Waals surface area contributed by atoms with E-state index in [2.05, 4.69) is 15.9 Å². The summed E-state index contributed by atoms with van der Waals surface area (Å²) in [6, 6.07) is 5.22. The third-order valence-corrected chi connectivity index (χ3v) is 3.24. The van der Waals surface area contributed by atoms with Crippen molar-refractivity contribution in [2.24, 2.45) is 5.92 Å². The van der Waals surface area contributed by atoms with Crippen molar-refractivity contribution in [3.05, 3.63) is 28.2 Å². The molecular weight excluding hydrogens is 260 g/mol. The molecule has 2 N–H and O–H groups in total. The second-order valence-electron chi connectivity index (χ2n) is 3.53. The van der Waals surface area contributed by atoms with E-state index in [9.17, 15) is 9.90 Å². The summed E-state index contributed by atoms with van der Waals surface area (Å²) < 4.78 is 0.655. The number of phenolic OH excluding ortho intramolecular Hbond substituents is 1. The highest BCUT2D eigenvalue weighted by Crippen LogP contribution is 2.28. The van der Waals surface area contributed by atoms with Crippen LogP contribution in [0.2, 0.25) is 0 Å². The number of benzene rings is 1. The van der Waals surface area contributed by atoms with E-state index < -0.39 is 5.97 Å². The molecule has 1 unspecified atom stereocenters. The summed E-state index contributed by atoms with van der Waals surface area (Å²) in [6.07, 6.45) is 1.21. The summed E-state index contributed by atoms with van der Waals surface area (Å²) in [7, 11) is 0. The highest BCUT2D eigenvalue weighted by atomic mass is 79.9. The van der Waals surface area contributed by atoms with Crippen LogP contribution in [0.1, 0.15) is 18.9 Å². The first-order valence-corrected chi connectivity index (χ1v) is 5.51. The minimum Gasteiger partial charge on any atom is -0.507 e. The Hall–Kier alpha value is -1.03. The molecule has 0 saturated heterocycles. The van der Waals surface area contributed by atoms with Gasteiger partial charge >= 0.3 is 5.97 Å². The molecule has 0 spiro atoms. The normalized spacial score (nSPS) is 12.4. The molecule has 1 rings (SSSR count). The van der Waals surface area contributed by atoms with Crippen LogP contribution in [-0.4, -0.2) is 16.2 Å². The number of aryl methyl sites for hydroxylation is 1. The third kappa shape index (κ3) is 3.23. The van der Waals surface area contributed by atoms with Crippen LogP contribution in [0.5, 0.6) is 5.75 Å². The first kappa shape index (κ1) is 12.0. The zero-order valence-corrected chi connectivity index (χ0v) is 9.99. The van der Waals surface area contributed by atoms with Crippen LogP contribution in [0.25, 0.3) is 0 Å². The number of halogens is 1. The zero-order chi connectivity index (χ0) is 11.4. The van der Waals surface area contributed by atoms with Crippen LogP contribution >= 0.6 is 15.9 Å². The predicted octanol–water partition coefficient (Wildman–Crippen LogP) is 2.81. The summed E-state index contributed by atoms with van der Waals surface area (Å²) in [4.78, 5) is 10.6. The van der Waals surface area contributed by atoms with Crippen molar-refractivity contribution in [2.75, 3.05) is 0 Å². The molecule has 0 aliphatic rings. The number of carboxylic acid groups (broad SMARTS) is 1. The van der Waals surface area contributed by atoms with Crippen LogP contribution < -0.4 is 0 Å². The maximum Gasteiger partial charge on any atom is 0.306 e. The van der Waals surface area contributed by atoms with Gasteiger partial charge in [0.25, 0.3) is 0 Å². The first-order chi connectivity index (χ1) is 7.02. The largest absolute Gasteiger partial charge is 0.507 e. The molecule has 15 heavy (non-hydrogen) atoms. The topological polar surface area (TPSA) is 57.5 Å². The molecule has 1 atom stereocenters. The van der Waals surface area contributed by atoms with Crippen molar-refractivity contribution >= 4 is 21.9 Å². The van der Waals surface area contributed by atoms with Crippen molar-refractivity contribution in [1.82, 2.24) is 0 Å². The van der Waals surface area contributed by atoms with Gasteiger partial charge < -0.3 is 10.2 Å². The molecule has 0 aliphatic carbocycles. The average molecular weight is 273 g/mol. The van der Waals surface area contributed by atoms with Gasteiger partial charge in [-0.25, -0.2) is 0 Å². The van der Waals surface area contributed by atoms with Crippen LogP contribution in [0.4, 0.5) is 0 Å². The molecule has 4 heteroatoms. The lowest BCUT2D eigenvalue weighted by molar-refractivity contribution is -0.141. The van der Waals surface area contributed by atoms with E-state index >= 15 is 0 Å². The van der Waals surface area contributed by atoms with Gasteiger partial charge in [0.05, 0.1) is 10.4 Å². The van der Waals surface area contributed by atoms with Crippen LogP contribution in [0, 0.1) is 5.92 Å². The average Bonchev–Trinajstić information content (AvgIpc) is 2.19. The summed E-state index contributed by atoms with van der Waals surface area (Å²) in [5.74, 6) is -0.957. The monoisotopic (exact) mass is 272 g/mol. The second-order valence-corrected chi connectivity index (χ2v) is 4.32. The zero-order valence-electron chi connectivity index (χ0n) is 8.40. The lowest BCUT2D eigenvalue weighted by atomic mass is 10.0. The van der Waals surface area contributed by atoms with Crippen molar-refractivity contribution < 1.29 is 15.0 Å². The molecule has 0 amide bonds. The minimum atomic E-state index is -0.786. The lowest BCUT2D eigenvalue weighted by Crippen LogP contribution is -2.10. The van der Waals surface area contributed by atoms with Gasteiger partial charge in [0, 0.05) is 0 Å². The molecule has 3 nitrogen and oxygen atoms in total. The standard InChI is InChI=1S/C11H13BrO3/c1-7(11(14)15)5-6-8-3-2-4-9(13)10(8)12/h2-4,7,13H,5-6H2,1H3,(H,14,15).